The van der Waals surface area contributed by atoms with Gasteiger partial charge in [-0.25, -0.2) is 8.42 Å². The lowest BCUT2D eigenvalue weighted by atomic mass is 10.1. The van der Waals surface area contributed by atoms with Crippen LogP contribution in [-0.4, -0.2) is 25.9 Å². The summed E-state index contributed by atoms with van der Waals surface area (Å²) in [6, 6.07) is 16.6. The molecule has 3 rings (SSSR count). The lowest BCUT2D eigenvalue weighted by Gasteiger charge is -2.05. The third-order valence-electron chi connectivity index (χ3n) is 4.05. The highest BCUT2D eigenvalue weighted by molar-refractivity contribution is 7.94. The Kier molecular flexibility index (Phi) is 6.31. The van der Waals surface area contributed by atoms with Gasteiger partial charge >= 0.3 is 0 Å². The van der Waals surface area contributed by atoms with Crippen LogP contribution in [0.25, 0.3) is 11.1 Å². The number of aromatic amines is 1. The van der Waals surface area contributed by atoms with Crippen molar-refractivity contribution in [3.63, 3.8) is 0 Å². The van der Waals surface area contributed by atoms with Crippen LogP contribution in [-0.2, 0) is 9.84 Å². The zero-order valence-corrected chi connectivity index (χ0v) is 16.7. The molecular weight excluding hydrogens is 412 g/mol. The van der Waals surface area contributed by atoms with Crippen molar-refractivity contribution in [1.29, 1.82) is 0 Å². The first kappa shape index (κ1) is 20.6. The molecule has 29 heavy (non-hydrogen) atoms. The van der Waals surface area contributed by atoms with Gasteiger partial charge in [-0.15, -0.1) is 0 Å². The molecule has 0 bridgehead atoms. The first-order valence-corrected chi connectivity index (χ1v) is 10.5. The second kappa shape index (κ2) is 8.89. The van der Waals surface area contributed by atoms with Gasteiger partial charge in [0.15, 0.2) is 9.84 Å². The smallest absolute Gasteiger partial charge is 0.260 e. The van der Waals surface area contributed by atoms with E-state index in [9.17, 15) is 18.0 Å². The van der Waals surface area contributed by atoms with Crippen molar-refractivity contribution in [2.75, 3.05) is 6.54 Å². The average Bonchev–Trinajstić information content (AvgIpc) is 2.72. The van der Waals surface area contributed by atoms with Crippen LogP contribution in [0.1, 0.15) is 10.4 Å². The Morgan fingerprint density at radius 1 is 1.03 bits per heavy atom. The molecule has 0 aliphatic heterocycles. The number of hydrogen-bond acceptors (Lipinski definition) is 4. The van der Waals surface area contributed by atoms with E-state index in [0.29, 0.717) is 10.6 Å². The number of halogens is 1. The first-order valence-electron chi connectivity index (χ1n) is 8.60. The van der Waals surface area contributed by atoms with Crippen molar-refractivity contribution in [3.8, 4) is 11.1 Å². The largest absolute Gasteiger partial charge is 0.348 e. The van der Waals surface area contributed by atoms with Crippen LogP contribution in [0, 0.1) is 0 Å². The molecule has 0 spiro atoms. The van der Waals surface area contributed by atoms with E-state index in [1.807, 2.05) is 30.3 Å². The number of hydrogen-bond donors (Lipinski definition) is 2. The monoisotopic (exact) mass is 428 g/mol. The Morgan fingerprint density at radius 3 is 2.41 bits per heavy atom. The van der Waals surface area contributed by atoms with E-state index in [1.165, 1.54) is 42.6 Å². The van der Waals surface area contributed by atoms with E-state index >= 15 is 0 Å². The predicted molar refractivity (Wildman–Crippen MR) is 113 cm³/mol. The summed E-state index contributed by atoms with van der Waals surface area (Å²) >= 11 is 5.76. The van der Waals surface area contributed by atoms with Crippen LogP contribution in [0.15, 0.2) is 88.0 Å². The summed E-state index contributed by atoms with van der Waals surface area (Å²) in [5, 5.41) is 3.95. The van der Waals surface area contributed by atoms with Crippen molar-refractivity contribution in [1.82, 2.24) is 10.3 Å². The number of carbonyl (C=O) groups is 1. The second-order valence-electron chi connectivity index (χ2n) is 6.08. The highest BCUT2D eigenvalue weighted by atomic mass is 35.5. The molecule has 1 heterocycles. The van der Waals surface area contributed by atoms with Gasteiger partial charge in [-0.3, -0.25) is 9.59 Å². The van der Waals surface area contributed by atoms with Gasteiger partial charge in [-0.2, -0.15) is 0 Å². The zero-order valence-electron chi connectivity index (χ0n) is 15.1. The van der Waals surface area contributed by atoms with Crippen molar-refractivity contribution in [2.24, 2.45) is 0 Å². The van der Waals surface area contributed by atoms with Gasteiger partial charge in [-0.1, -0.05) is 48.0 Å². The Morgan fingerprint density at radius 2 is 1.72 bits per heavy atom. The van der Waals surface area contributed by atoms with E-state index in [2.05, 4.69) is 10.3 Å². The van der Waals surface area contributed by atoms with Gasteiger partial charge in [0.25, 0.3) is 11.5 Å². The normalized spacial score (nSPS) is 11.5. The van der Waals surface area contributed by atoms with E-state index in [4.69, 9.17) is 11.6 Å². The molecule has 1 amide bonds. The summed E-state index contributed by atoms with van der Waals surface area (Å²) in [5.74, 6) is -0.599. The van der Waals surface area contributed by atoms with Crippen LogP contribution in [0.3, 0.4) is 0 Å². The summed E-state index contributed by atoms with van der Waals surface area (Å²) < 4.78 is 24.4. The number of H-pyrrole nitrogens is 1. The van der Waals surface area contributed by atoms with Gasteiger partial charge in [0.1, 0.15) is 5.56 Å². The van der Waals surface area contributed by atoms with Crippen LogP contribution < -0.4 is 10.9 Å². The molecule has 0 aliphatic rings. The molecule has 1 aromatic heterocycles. The van der Waals surface area contributed by atoms with Gasteiger partial charge < -0.3 is 10.3 Å². The molecule has 0 aliphatic carbocycles. The molecule has 6 nitrogen and oxygen atoms in total. The molecule has 0 fully saturated rings. The Bertz CT molecular complexity index is 1200. The lowest BCUT2D eigenvalue weighted by molar-refractivity contribution is 0.0956. The SMILES string of the molecule is O=C(NC/C=C/S(=O)(=O)c1ccc(Cl)cc1)c1cc(-c2ccccc2)c[nH]c1=O. The summed E-state index contributed by atoms with van der Waals surface area (Å²) in [6.07, 6.45) is 2.84. The van der Waals surface area contributed by atoms with E-state index < -0.39 is 21.3 Å². The molecular formula is C21H17ClN2O4S. The maximum atomic E-state index is 12.4. The summed E-state index contributed by atoms with van der Waals surface area (Å²) in [6.45, 7) is -0.0549. The lowest BCUT2D eigenvalue weighted by Crippen LogP contribution is -2.29. The molecule has 0 unspecified atom stereocenters. The Labute approximate surface area is 172 Å². The summed E-state index contributed by atoms with van der Waals surface area (Å²) in [4.78, 5) is 27.0. The highest BCUT2D eigenvalue weighted by Crippen LogP contribution is 2.18. The van der Waals surface area contributed by atoms with Crippen LogP contribution in [0.4, 0.5) is 0 Å². The van der Waals surface area contributed by atoms with Gasteiger partial charge in [0.2, 0.25) is 0 Å². The zero-order chi connectivity index (χ0) is 20.9. The second-order valence-corrected chi connectivity index (χ2v) is 8.35. The number of amides is 1. The molecule has 0 atom stereocenters. The quantitative estimate of drug-likeness (QED) is 0.628. The minimum absolute atomic E-state index is 0.0549. The van der Waals surface area contributed by atoms with Crippen LogP contribution >= 0.6 is 11.6 Å². The molecule has 148 valence electrons. The average molecular weight is 429 g/mol. The van der Waals surface area contributed by atoms with Crippen molar-refractivity contribution in [2.45, 2.75) is 4.90 Å². The van der Waals surface area contributed by atoms with E-state index in [0.717, 1.165) is 11.0 Å². The Hall–Kier alpha value is -3.16. The fraction of sp³-hybridized carbons (Fsp3) is 0.0476. The highest BCUT2D eigenvalue weighted by Gasteiger charge is 2.12. The number of rotatable bonds is 6. The molecule has 0 saturated heterocycles. The third-order valence-corrected chi connectivity index (χ3v) is 5.78. The minimum atomic E-state index is -3.65. The third kappa shape index (κ3) is 5.22. The number of carbonyl (C=O) groups excluding carboxylic acids is 1. The Balaban J connectivity index is 1.69. The topological polar surface area (TPSA) is 96.1 Å². The summed E-state index contributed by atoms with van der Waals surface area (Å²) in [5.41, 5.74) is 0.961. The number of nitrogens with one attached hydrogen (secondary N) is 2. The fourth-order valence-electron chi connectivity index (χ4n) is 2.57. The number of aromatic nitrogens is 1. The van der Waals surface area contributed by atoms with Crippen molar-refractivity contribution >= 4 is 27.3 Å². The van der Waals surface area contributed by atoms with Gasteiger partial charge in [0, 0.05) is 23.2 Å². The number of pyridine rings is 1. The first-order chi connectivity index (χ1) is 13.9. The van der Waals surface area contributed by atoms with Crippen LogP contribution in [0.5, 0.6) is 0 Å². The van der Waals surface area contributed by atoms with E-state index in [1.54, 1.807) is 0 Å². The van der Waals surface area contributed by atoms with Crippen molar-refractivity contribution in [3.05, 3.63) is 99.3 Å². The maximum Gasteiger partial charge on any atom is 0.260 e. The molecule has 2 N–H and O–H groups in total. The molecule has 0 saturated carbocycles. The molecule has 2 aromatic carbocycles. The molecule has 0 radical (unpaired) electrons. The summed E-state index contributed by atoms with van der Waals surface area (Å²) in [7, 11) is -3.65. The maximum absolute atomic E-state index is 12.4. The van der Waals surface area contributed by atoms with Gasteiger partial charge in [-0.05, 0) is 41.5 Å². The molecule has 3 aromatic rings. The fourth-order valence-corrected chi connectivity index (χ4v) is 3.72. The van der Waals surface area contributed by atoms with Gasteiger partial charge in [0.05, 0.1) is 4.90 Å². The van der Waals surface area contributed by atoms with Crippen LogP contribution in [0.2, 0.25) is 5.02 Å². The van der Waals surface area contributed by atoms with E-state index in [-0.39, 0.29) is 17.0 Å². The number of sulfone groups is 1. The minimum Gasteiger partial charge on any atom is -0.348 e. The van der Waals surface area contributed by atoms with Crippen molar-refractivity contribution < 1.29 is 13.2 Å². The number of benzene rings is 2. The predicted octanol–water partition coefficient (Wildman–Crippen LogP) is 3.41. The molecule has 8 heteroatoms. The standard InChI is InChI=1S/C21H17ClN2O4S/c22-17-7-9-18(10-8-17)29(27,28)12-4-11-23-20(25)19-13-16(14-24-21(19)26)15-5-2-1-3-6-15/h1-10,12-14H,11H2,(H,23,25)(H,24,26)/b12-4+.